The maximum atomic E-state index is 10.7. The predicted octanol–water partition coefficient (Wildman–Crippen LogP) is 3.27. The first-order chi connectivity index (χ1) is 6.56. The Morgan fingerprint density at radius 2 is 2.14 bits per heavy atom. The van der Waals surface area contributed by atoms with Crippen LogP contribution in [-0.2, 0) is 11.3 Å². The fourth-order valence-corrected chi connectivity index (χ4v) is 2.55. The van der Waals surface area contributed by atoms with Crippen molar-refractivity contribution in [2.24, 2.45) is 0 Å². The van der Waals surface area contributed by atoms with Gasteiger partial charge in [0.2, 0.25) is 0 Å². The lowest BCUT2D eigenvalue weighted by Gasteiger charge is -2.04. The van der Waals surface area contributed by atoms with Gasteiger partial charge in [-0.2, -0.15) is 0 Å². The van der Waals surface area contributed by atoms with Gasteiger partial charge in [0.25, 0.3) is 5.69 Å². The summed E-state index contributed by atoms with van der Waals surface area (Å²) in [6, 6.07) is 3.31. The Bertz CT molecular complexity index is 368. The highest BCUT2D eigenvalue weighted by Crippen LogP contribution is 2.32. The topological polar surface area (TPSA) is 52.4 Å². The van der Waals surface area contributed by atoms with Crippen molar-refractivity contribution in [2.45, 2.75) is 6.61 Å². The smallest absolute Gasteiger partial charge is 0.289 e. The number of ether oxygens (including phenoxy) is 1. The Morgan fingerprint density at radius 3 is 2.64 bits per heavy atom. The Hall–Kier alpha value is -0.460. The Balaban J connectivity index is 3.28. The largest absolute Gasteiger partial charge is 0.380 e. The molecule has 4 nitrogen and oxygen atoms in total. The minimum atomic E-state index is -0.426. The molecule has 1 aromatic carbocycles. The third-order valence-corrected chi connectivity index (χ3v) is 2.65. The van der Waals surface area contributed by atoms with Crippen LogP contribution in [0.25, 0.3) is 0 Å². The Kier molecular flexibility index (Phi) is 4.03. The van der Waals surface area contributed by atoms with E-state index in [4.69, 9.17) is 4.74 Å². The maximum Gasteiger partial charge on any atom is 0.289 e. The molecule has 0 saturated heterocycles. The molecule has 1 aromatic rings. The van der Waals surface area contributed by atoms with Crippen molar-refractivity contribution in [3.8, 4) is 0 Å². The summed E-state index contributed by atoms with van der Waals surface area (Å²) in [4.78, 5) is 10.3. The van der Waals surface area contributed by atoms with Gasteiger partial charge in [0, 0.05) is 11.6 Å². The quantitative estimate of drug-likeness (QED) is 0.633. The van der Waals surface area contributed by atoms with Crippen LogP contribution in [0.1, 0.15) is 5.56 Å². The zero-order valence-electron chi connectivity index (χ0n) is 7.29. The Labute approximate surface area is 97.7 Å². The summed E-state index contributed by atoms with van der Waals surface area (Å²) in [5.41, 5.74) is 0.591. The highest BCUT2D eigenvalue weighted by molar-refractivity contribution is 9.11. The second-order valence-electron chi connectivity index (χ2n) is 2.59. The van der Waals surface area contributed by atoms with Crippen molar-refractivity contribution < 1.29 is 9.66 Å². The summed E-state index contributed by atoms with van der Waals surface area (Å²) in [6.07, 6.45) is 0. The van der Waals surface area contributed by atoms with E-state index in [0.717, 1.165) is 4.47 Å². The number of halogens is 2. The number of hydrogen-bond donors (Lipinski definition) is 0. The summed E-state index contributed by atoms with van der Waals surface area (Å²) >= 11 is 6.40. The lowest BCUT2D eigenvalue weighted by molar-refractivity contribution is -0.386. The lowest BCUT2D eigenvalue weighted by Crippen LogP contribution is -1.98. The van der Waals surface area contributed by atoms with E-state index < -0.39 is 4.92 Å². The van der Waals surface area contributed by atoms with E-state index in [1.807, 2.05) is 0 Å². The average Bonchev–Trinajstić information content (AvgIpc) is 2.01. The number of hydrogen-bond acceptors (Lipinski definition) is 3. The van der Waals surface area contributed by atoms with Crippen molar-refractivity contribution in [3.05, 3.63) is 36.8 Å². The lowest BCUT2D eigenvalue weighted by atomic mass is 10.2. The van der Waals surface area contributed by atoms with Gasteiger partial charge in [-0.1, -0.05) is 15.9 Å². The van der Waals surface area contributed by atoms with Gasteiger partial charge in [0.15, 0.2) is 0 Å². The predicted molar refractivity (Wildman–Crippen MR) is 59.2 cm³/mol. The molecule has 0 saturated carbocycles. The summed E-state index contributed by atoms with van der Waals surface area (Å²) in [5, 5.41) is 10.7. The normalized spacial score (nSPS) is 10.2. The molecule has 6 heteroatoms. The van der Waals surface area contributed by atoms with Gasteiger partial charge in [0.1, 0.15) is 0 Å². The third kappa shape index (κ3) is 2.52. The number of rotatable bonds is 3. The first-order valence-corrected chi connectivity index (χ1v) is 5.26. The molecule has 0 N–H and O–H groups in total. The fourth-order valence-electron chi connectivity index (χ4n) is 1.09. The molecule has 0 aliphatic carbocycles. The van der Waals surface area contributed by atoms with Crippen LogP contribution >= 0.6 is 31.9 Å². The molecule has 76 valence electrons. The highest BCUT2D eigenvalue weighted by atomic mass is 79.9. The summed E-state index contributed by atoms with van der Waals surface area (Å²) in [6.45, 7) is 0.217. The van der Waals surface area contributed by atoms with E-state index in [1.54, 1.807) is 12.1 Å². The molecule has 0 aromatic heterocycles. The molecule has 0 aliphatic heterocycles. The van der Waals surface area contributed by atoms with E-state index >= 15 is 0 Å². The minimum Gasteiger partial charge on any atom is -0.380 e. The van der Waals surface area contributed by atoms with Crippen molar-refractivity contribution in [3.63, 3.8) is 0 Å². The molecule has 0 bridgehead atoms. The summed E-state index contributed by atoms with van der Waals surface area (Å²) in [5.74, 6) is 0. The molecule has 1 rings (SSSR count). The minimum absolute atomic E-state index is 0.0510. The van der Waals surface area contributed by atoms with E-state index in [0.29, 0.717) is 10.0 Å². The molecule has 0 radical (unpaired) electrons. The van der Waals surface area contributed by atoms with Gasteiger partial charge < -0.3 is 4.74 Å². The molecule has 0 aliphatic rings. The second kappa shape index (κ2) is 4.86. The van der Waals surface area contributed by atoms with Crippen molar-refractivity contribution in [2.75, 3.05) is 7.11 Å². The highest BCUT2D eigenvalue weighted by Gasteiger charge is 2.18. The first kappa shape index (κ1) is 11.6. The van der Waals surface area contributed by atoms with Gasteiger partial charge in [-0.3, -0.25) is 10.1 Å². The average molecular weight is 325 g/mol. The van der Waals surface area contributed by atoms with Gasteiger partial charge in [0.05, 0.1) is 21.6 Å². The molecule has 0 fully saturated rings. The number of benzene rings is 1. The molecule has 0 atom stereocenters. The number of nitro groups is 1. The zero-order valence-corrected chi connectivity index (χ0v) is 10.5. The van der Waals surface area contributed by atoms with Gasteiger partial charge in [-0.05, 0) is 28.1 Å². The SMILES string of the molecule is COCc1cc(Br)cc(Br)c1[N+](=O)[O-]. The van der Waals surface area contributed by atoms with E-state index in [1.165, 1.54) is 7.11 Å². The van der Waals surface area contributed by atoms with Crippen LogP contribution in [0.2, 0.25) is 0 Å². The summed E-state index contributed by atoms with van der Waals surface area (Å²) < 4.78 is 6.11. The van der Waals surface area contributed by atoms with Crippen LogP contribution in [0.3, 0.4) is 0 Å². The molecular weight excluding hydrogens is 318 g/mol. The fraction of sp³-hybridized carbons (Fsp3) is 0.250. The molecule has 0 unspecified atom stereocenters. The standard InChI is InChI=1S/C8H7Br2NO3/c1-14-4-5-2-6(9)3-7(10)8(5)11(12)13/h2-3H,4H2,1H3. The monoisotopic (exact) mass is 323 g/mol. The van der Waals surface area contributed by atoms with E-state index in [-0.39, 0.29) is 12.3 Å². The molecular formula is C8H7Br2NO3. The first-order valence-electron chi connectivity index (χ1n) is 3.67. The van der Waals surface area contributed by atoms with E-state index in [9.17, 15) is 10.1 Å². The van der Waals surface area contributed by atoms with Crippen LogP contribution < -0.4 is 0 Å². The van der Waals surface area contributed by atoms with Crippen LogP contribution in [0.15, 0.2) is 21.1 Å². The van der Waals surface area contributed by atoms with Crippen LogP contribution in [-0.4, -0.2) is 12.0 Å². The van der Waals surface area contributed by atoms with Crippen molar-refractivity contribution >= 4 is 37.5 Å². The van der Waals surface area contributed by atoms with Crippen LogP contribution in [0.4, 0.5) is 5.69 Å². The second-order valence-corrected chi connectivity index (χ2v) is 4.36. The molecule has 14 heavy (non-hydrogen) atoms. The van der Waals surface area contributed by atoms with E-state index in [2.05, 4.69) is 31.9 Å². The molecule has 0 amide bonds. The zero-order chi connectivity index (χ0) is 10.7. The number of methoxy groups -OCH3 is 1. The number of nitro benzene ring substituents is 1. The van der Waals surface area contributed by atoms with Crippen LogP contribution in [0, 0.1) is 10.1 Å². The maximum absolute atomic E-state index is 10.7. The van der Waals surface area contributed by atoms with Crippen LogP contribution in [0.5, 0.6) is 0 Å². The molecule has 0 spiro atoms. The summed E-state index contributed by atoms with van der Waals surface area (Å²) in [7, 11) is 1.50. The molecule has 0 heterocycles. The Morgan fingerprint density at radius 1 is 1.50 bits per heavy atom. The number of nitrogens with zero attached hydrogens (tertiary/aromatic N) is 1. The van der Waals surface area contributed by atoms with Gasteiger partial charge in [-0.25, -0.2) is 0 Å². The van der Waals surface area contributed by atoms with Gasteiger partial charge in [-0.15, -0.1) is 0 Å². The van der Waals surface area contributed by atoms with Crippen molar-refractivity contribution in [1.82, 2.24) is 0 Å². The van der Waals surface area contributed by atoms with Gasteiger partial charge >= 0.3 is 0 Å². The third-order valence-electron chi connectivity index (χ3n) is 1.59. The van der Waals surface area contributed by atoms with Crippen molar-refractivity contribution in [1.29, 1.82) is 0 Å².